The topological polar surface area (TPSA) is 153 Å². The highest BCUT2D eigenvalue weighted by atomic mass is 16.6. The molecule has 0 saturated carbocycles. The molecular formula is C29H36N6O5. The maximum atomic E-state index is 13.0. The number of nitrogens with one attached hydrogen (secondary N) is 1. The maximum absolute atomic E-state index is 13.0. The Kier molecular flexibility index (Phi) is 8.13. The van der Waals surface area contributed by atoms with Crippen molar-refractivity contribution in [2.24, 2.45) is 0 Å². The van der Waals surface area contributed by atoms with Crippen LogP contribution < -0.4 is 11.2 Å². The summed E-state index contributed by atoms with van der Waals surface area (Å²) in [6.45, 7) is 9.93. The SMILES string of the molecule is CC(C)c1ccnc(NC(=O)c2ccc(-c3nc(C4CCCCN4C(=O)OC(C)(C)C)n(N)c3C(=O)O)cc2)c1. The van der Waals surface area contributed by atoms with E-state index in [1.807, 2.05) is 12.1 Å². The second kappa shape index (κ2) is 11.4. The van der Waals surface area contributed by atoms with Gasteiger partial charge >= 0.3 is 12.1 Å². The first-order chi connectivity index (χ1) is 18.9. The minimum Gasteiger partial charge on any atom is -0.476 e. The number of carbonyl (C=O) groups is 3. The Balaban J connectivity index is 1.62. The van der Waals surface area contributed by atoms with E-state index < -0.39 is 23.7 Å². The first-order valence-corrected chi connectivity index (χ1v) is 13.3. The Hall–Kier alpha value is -4.41. The van der Waals surface area contributed by atoms with Crippen LogP contribution in [0.3, 0.4) is 0 Å². The van der Waals surface area contributed by atoms with Gasteiger partial charge in [0.1, 0.15) is 17.1 Å². The van der Waals surface area contributed by atoms with Crippen LogP contribution in [0.4, 0.5) is 10.6 Å². The number of amides is 2. The Bertz CT molecular complexity index is 1410. The molecule has 4 rings (SSSR count). The van der Waals surface area contributed by atoms with Crippen LogP contribution in [0.1, 0.15) is 98.1 Å². The molecule has 1 saturated heterocycles. The van der Waals surface area contributed by atoms with Gasteiger partial charge in [0, 0.05) is 23.9 Å². The predicted octanol–water partition coefficient (Wildman–Crippen LogP) is 5.19. The third kappa shape index (κ3) is 6.24. The molecule has 1 aliphatic heterocycles. The zero-order chi connectivity index (χ0) is 29.2. The molecule has 2 aromatic heterocycles. The van der Waals surface area contributed by atoms with E-state index >= 15 is 0 Å². The van der Waals surface area contributed by atoms with Gasteiger partial charge in [-0.2, -0.15) is 0 Å². The molecule has 11 heteroatoms. The molecule has 3 heterocycles. The highest BCUT2D eigenvalue weighted by Crippen LogP contribution is 2.34. The van der Waals surface area contributed by atoms with E-state index in [0.29, 0.717) is 35.8 Å². The van der Waals surface area contributed by atoms with Crippen molar-refractivity contribution in [2.45, 2.75) is 71.4 Å². The van der Waals surface area contributed by atoms with Crippen molar-refractivity contribution in [3.8, 4) is 11.3 Å². The first-order valence-electron chi connectivity index (χ1n) is 13.3. The average Bonchev–Trinajstić information content (AvgIpc) is 3.25. The number of aromatic nitrogens is 3. The third-order valence-electron chi connectivity index (χ3n) is 6.68. The number of benzene rings is 1. The van der Waals surface area contributed by atoms with Crippen LogP contribution in [-0.2, 0) is 4.74 Å². The standard InChI is InChI=1S/C29H36N6O5/c1-17(2)20-13-14-31-22(16-20)32-26(36)19-11-9-18(10-12-19)23-24(27(37)38)35(30)25(33-23)21-8-6-7-15-34(21)28(39)40-29(3,4)5/h9-14,16-17,21H,6-8,15,30H2,1-5H3,(H,37,38)(H,31,32,36). The van der Waals surface area contributed by atoms with Gasteiger partial charge in [-0.15, -0.1) is 0 Å². The number of ether oxygens (including phenoxy) is 1. The number of nitrogens with zero attached hydrogens (tertiary/aromatic N) is 4. The molecule has 0 bridgehead atoms. The van der Waals surface area contributed by atoms with Crippen LogP contribution in [0.5, 0.6) is 0 Å². The lowest BCUT2D eigenvalue weighted by molar-refractivity contribution is 0.00821. The Morgan fingerprint density at radius 1 is 1.12 bits per heavy atom. The molecule has 212 valence electrons. The molecule has 0 radical (unpaired) electrons. The summed E-state index contributed by atoms with van der Waals surface area (Å²) in [5.74, 6) is 5.68. The molecule has 4 N–H and O–H groups in total. The van der Waals surface area contributed by atoms with Gasteiger partial charge in [0.05, 0.1) is 6.04 Å². The van der Waals surface area contributed by atoms with Crippen LogP contribution in [0, 0.1) is 0 Å². The number of hydrogen-bond donors (Lipinski definition) is 3. The minimum absolute atomic E-state index is 0.151. The summed E-state index contributed by atoms with van der Waals surface area (Å²) >= 11 is 0. The Labute approximate surface area is 233 Å². The molecule has 3 aromatic rings. The maximum Gasteiger partial charge on any atom is 0.410 e. The second-order valence-electron chi connectivity index (χ2n) is 11.2. The highest BCUT2D eigenvalue weighted by molar-refractivity contribution is 6.04. The normalized spacial score (nSPS) is 15.7. The minimum atomic E-state index is -1.26. The summed E-state index contributed by atoms with van der Waals surface area (Å²) in [6, 6.07) is 9.61. The van der Waals surface area contributed by atoms with Crippen molar-refractivity contribution in [1.82, 2.24) is 19.5 Å². The van der Waals surface area contributed by atoms with Gasteiger partial charge in [0.25, 0.3) is 5.91 Å². The number of carboxylic acids is 1. The number of nitrogens with two attached hydrogens (primary N) is 1. The van der Waals surface area contributed by atoms with Crippen molar-refractivity contribution >= 4 is 23.8 Å². The van der Waals surface area contributed by atoms with Crippen LogP contribution in [0.15, 0.2) is 42.6 Å². The van der Waals surface area contributed by atoms with E-state index in [0.717, 1.165) is 23.1 Å². The summed E-state index contributed by atoms with van der Waals surface area (Å²) in [5.41, 5.74) is 1.15. The van der Waals surface area contributed by atoms with Crippen LogP contribution >= 0.6 is 0 Å². The lowest BCUT2D eigenvalue weighted by Crippen LogP contribution is -2.43. The number of hydrogen-bond acceptors (Lipinski definition) is 7. The lowest BCUT2D eigenvalue weighted by atomic mass is 10.0. The molecule has 11 nitrogen and oxygen atoms in total. The van der Waals surface area contributed by atoms with E-state index in [2.05, 4.69) is 29.1 Å². The summed E-state index contributed by atoms with van der Waals surface area (Å²) < 4.78 is 6.63. The molecule has 0 spiro atoms. The van der Waals surface area contributed by atoms with Crippen LogP contribution in [-0.4, -0.2) is 54.8 Å². The van der Waals surface area contributed by atoms with E-state index in [-0.39, 0.29) is 23.1 Å². The second-order valence-corrected chi connectivity index (χ2v) is 11.2. The lowest BCUT2D eigenvalue weighted by Gasteiger charge is -2.36. The van der Waals surface area contributed by atoms with Crippen molar-refractivity contribution in [3.05, 3.63) is 65.2 Å². The molecule has 2 amide bonds. The molecular weight excluding hydrogens is 512 g/mol. The predicted molar refractivity (Wildman–Crippen MR) is 151 cm³/mol. The van der Waals surface area contributed by atoms with E-state index in [1.165, 1.54) is 0 Å². The summed E-state index contributed by atoms with van der Waals surface area (Å²) in [5, 5.41) is 12.8. The first kappa shape index (κ1) is 28.6. The van der Waals surface area contributed by atoms with Crippen molar-refractivity contribution < 1.29 is 24.2 Å². The van der Waals surface area contributed by atoms with Crippen molar-refractivity contribution in [3.63, 3.8) is 0 Å². The van der Waals surface area contributed by atoms with Crippen molar-refractivity contribution in [1.29, 1.82) is 0 Å². The number of carbonyl (C=O) groups excluding carboxylic acids is 2. The molecule has 1 aromatic carbocycles. The van der Waals surface area contributed by atoms with E-state index in [9.17, 15) is 19.5 Å². The largest absolute Gasteiger partial charge is 0.476 e. The number of piperidine rings is 1. The Morgan fingerprint density at radius 2 is 1.82 bits per heavy atom. The van der Waals surface area contributed by atoms with Crippen LogP contribution in [0.2, 0.25) is 0 Å². The van der Waals surface area contributed by atoms with Gasteiger partial charge in [0.15, 0.2) is 11.5 Å². The Morgan fingerprint density at radius 3 is 2.45 bits per heavy atom. The summed E-state index contributed by atoms with van der Waals surface area (Å²) in [4.78, 5) is 48.5. The fraction of sp³-hybridized carbons (Fsp3) is 0.414. The molecule has 40 heavy (non-hydrogen) atoms. The summed E-state index contributed by atoms with van der Waals surface area (Å²) in [7, 11) is 0. The zero-order valence-corrected chi connectivity index (χ0v) is 23.5. The van der Waals surface area contributed by atoms with E-state index in [4.69, 9.17) is 10.6 Å². The fourth-order valence-corrected chi connectivity index (χ4v) is 4.67. The van der Waals surface area contributed by atoms with Crippen molar-refractivity contribution in [2.75, 3.05) is 17.7 Å². The van der Waals surface area contributed by atoms with Crippen LogP contribution in [0.25, 0.3) is 11.3 Å². The van der Waals surface area contributed by atoms with Gasteiger partial charge < -0.3 is 21.0 Å². The van der Waals surface area contributed by atoms with Gasteiger partial charge in [0.2, 0.25) is 0 Å². The fourth-order valence-electron chi connectivity index (χ4n) is 4.67. The number of pyridine rings is 1. The quantitative estimate of drug-likeness (QED) is 0.356. The number of anilines is 1. The number of likely N-dealkylation sites (tertiary alicyclic amines) is 1. The highest BCUT2D eigenvalue weighted by Gasteiger charge is 2.36. The molecule has 0 aliphatic carbocycles. The van der Waals surface area contributed by atoms with Gasteiger partial charge in [-0.25, -0.2) is 24.2 Å². The van der Waals surface area contributed by atoms with E-state index in [1.54, 1.807) is 56.1 Å². The smallest absolute Gasteiger partial charge is 0.410 e. The summed E-state index contributed by atoms with van der Waals surface area (Å²) in [6.07, 6.45) is 3.34. The zero-order valence-electron chi connectivity index (χ0n) is 23.5. The van der Waals surface area contributed by atoms with Gasteiger partial charge in [-0.05, 0) is 75.8 Å². The number of aromatic carboxylic acids is 1. The monoisotopic (exact) mass is 548 g/mol. The third-order valence-corrected chi connectivity index (χ3v) is 6.68. The molecule has 1 fully saturated rings. The number of nitrogen functional groups attached to an aromatic ring is 1. The molecule has 1 aliphatic rings. The molecule has 1 unspecified atom stereocenters. The molecule has 1 atom stereocenters. The van der Waals surface area contributed by atoms with Gasteiger partial charge in [-0.3, -0.25) is 9.69 Å². The number of carboxylic acid groups (broad SMARTS) is 1. The number of rotatable bonds is 6. The van der Waals surface area contributed by atoms with Gasteiger partial charge in [-0.1, -0.05) is 26.0 Å². The number of imidazole rings is 1. The average molecular weight is 549 g/mol.